The van der Waals surface area contributed by atoms with Crippen molar-refractivity contribution in [3.05, 3.63) is 171 Å². The first kappa shape index (κ1) is 75.6. The van der Waals surface area contributed by atoms with E-state index in [0.29, 0.717) is 108 Å². The topological polar surface area (TPSA) is 467 Å². The van der Waals surface area contributed by atoms with Gasteiger partial charge in [0.05, 0.1) is 44.3 Å². The number of nitrogen functional groups attached to an aromatic ring is 1. The number of nitrogens with zero attached hydrogens (tertiary/aromatic N) is 5. The predicted octanol–water partition coefficient (Wildman–Crippen LogP) is 6.83. The minimum Gasteiger partial charge on any atom is -0.480 e. The molecule has 1 aliphatic carbocycles. The van der Waals surface area contributed by atoms with E-state index in [1.165, 1.54) is 66.9 Å². The Bertz CT molecular complexity index is 4940. The van der Waals surface area contributed by atoms with Crippen molar-refractivity contribution in [3.63, 3.8) is 0 Å². The Morgan fingerprint density at radius 1 is 0.733 bits per heavy atom. The summed E-state index contributed by atoms with van der Waals surface area (Å²) in [5.74, 6) is -2.79. The van der Waals surface area contributed by atoms with Gasteiger partial charge >= 0.3 is 5.97 Å². The van der Waals surface area contributed by atoms with E-state index in [1.807, 2.05) is 61.5 Å². The Morgan fingerprint density at radius 3 is 2.03 bits per heavy atom. The van der Waals surface area contributed by atoms with Gasteiger partial charge in [-0.1, -0.05) is 19.9 Å². The van der Waals surface area contributed by atoms with Crippen LogP contribution in [0.2, 0.25) is 0 Å². The third-order valence-corrected chi connectivity index (χ3v) is 20.9. The van der Waals surface area contributed by atoms with Crippen molar-refractivity contribution in [2.24, 2.45) is 0 Å². The summed E-state index contributed by atoms with van der Waals surface area (Å²) in [6.07, 6.45) is 12.1. The van der Waals surface area contributed by atoms with Gasteiger partial charge in [-0.05, 0) is 173 Å². The lowest BCUT2D eigenvalue weighted by atomic mass is 9.81. The quantitative estimate of drug-likeness (QED) is 0.0121. The number of nitrogens with two attached hydrogens (primary N) is 1. The summed E-state index contributed by atoms with van der Waals surface area (Å²) in [4.78, 5) is 78.8. The summed E-state index contributed by atoms with van der Waals surface area (Å²) in [6.45, 7) is 8.48. The molecule has 3 aliphatic rings. The summed E-state index contributed by atoms with van der Waals surface area (Å²) in [5, 5.41) is 20.8. The molecular weight excluding hydrogens is 1390 g/mol. The van der Waals surface area contributed by atoms with Crippen LogP contribution < -0.4 is 42.2 Å². The van der Waals surface area contributed by atoms with Gasteiger partial charge in [0.2, 0.25) is 23.5 Å². The van der Waals surface area contributed by atoms with E-state index < -0.39 is 86.4 Å². The van der Waals surface area contributed by atoms with E-state index in [0.717, 1.165) is 5.71 Å². The van der Waals surface area contributed by atoms with E-state index in [9.17, 15) is 81.0 Å². The van der Waals surface area contributed by atoms with E-state index >= 15 is 0 Å². The first-order chi connectivity index (χ1) is 47.5. The molecule has 9 rings (SSSR count). The highest BCUT2D eigenvalue weighted by molar-refractivity contribution is 7.86. The van der Waals surface area contributed by atoms with Gasteiger partial charge < -0.3 is 41.7 Å². The molecular formula is C67H78N11O19S4+. The van der Waals surface area contributed by atoms with Crippen LogP contribution in [0.1, 0.15) is 126 Å². The number of carboxylic acids is 1. The number of carboxylic acid groups (broad SMARTS) is 1. The van der Waals surface area contributed by atoms with E-state index in [1.54, 1.807) is 24.3 Å². The number of benzene rings is 4. The standard InChI is InChI=1S/C67H77N11O19S4/c1-66(2)50-37-48(100(91,92)93)24-27-53(50)77(34-7-5-6-13-57(79)69-32-33-70-58(80)31-26-52(64(83)84)74-62(81)43-14-18-44(19-15-43)71-39-45-40-72-61-59(73-45)63(82)76-65(68)75-61)55(66)29-16-41-11-10-12-42(60(41)97-46-20-22-47(23-21-46)99(88,89)90)17-30-56-67(3,4)51-38-49(101(94,95)96)25-28-54(51)78(56)35-8-9-36-98(85,86)87/h14-25,27-30,37-38,40,52H,5-13,26,31-36,39H2,1-4H3,(H11-,68,69,70,71,72,74,75,76,79,80,81,82,83,84,85,86,87,88,89,90,91,92,93,94,95,96)/p+1/t52-/m0/s1. The molecule has 2 aromatic heterocycles. The number of hydrogen-bond acceptors (Lipinski definition) is 20. The number of aliphatic carboxylic acids is 1. The van der Waals surface area contributed by atoms with E-state index in [-0.39, 0.29) is 101 Å². The van der Waals surface area contributed by atoms with E-state index in [2.05, 4.69) is 41.2 Å². The molecule has 34 heteroatoms. The maximum absolute atomic E-state index is 13.1. The number of fused-ring (bicyclic) bond motifs is 3. The van der Waals surface area contributed by atoms with Crippen molar-refractivity contribution in [3.8, 4) is 5.75 Å². The zero-order valence-corrected chi connectivity index (χ0v) is 58.7. The maximum atomic E-state index is 13.1. The number of hydrogen-bond donors (Lipinski definition) is 11. The first-order valence-corrected chi connectivity index (χ1v) is 38.0. The van der Waals surface area contributed by atoms with Gasteiger partial charge in [0.25, 0.3) is 51.9 Å². The Labute approximate surface area is 583 Å². The van der Waals surface area contributed by atoms with Crippen LogP contribution in [0, 0.1) is 0 Å². The largest absolute Gasteiger partial charge is 0.480 e. The molecule has 3 amide bonds. The minimum atomic E-state index is -4.63. The molecule has 0 bridgehead atoms. The number of ether oxygens (including phenoxy) is 1. The fourth-order valence-electron chi connectivity index (χ4n) is 12.2. The number of rotatable bonds is 31. The third-order valence-electron chi connectivity index (χ3n) is 17.5. The molecule has 2 aliphatic heterocycles. The fraction of sp³-hybridized carbons (Fsp3) is 0.358. The highest BCUT2D eigenvalue weighted by Crippen LogP contribution is 2.49. The molecule has 0 saturated heterocycles. The second kappa shape index (κ2) is 31.1. The molecule has 0 radical (unpaired) electrons. The van der Waals surface area contributed by atoms with Crippen molar-refractivity contribution < 1.29 is 85.5 Å². The normalized spacial score (nSPS) is 16.4. The van der Waals surface area contributed by atoms with Crippen LogP contribution in [0.15, 0.2) is 158 Å². The molecule has 4 aromatic carbocycles. The van der Waals surface area contributed by atoms with Crippen LogP contribution in [-0.4, -0.2) is 149 Å². The second-order valence-electron chi connectivity index (χ2n) is 25.4. The summed E-state index contributed by atoms with van der Waals surface area (Å²) >= 11 is 0. The van der Waals surface area contributed by atoms with Gasteiger partial charge in [-0.3, -0.25) is 42.4 Å². The third kappa shape index (κ3) is 19.1. The van der Waals surface area contributed by atoms with Gasteiger partial charge in [0.15, 0.2) is 16.9 Å². The van der Waals surface area contributed by atoms with Crippen LogP contribution in [0.25, 0.3) is 11.2 Å². The average molecular weight is 1470 g/mol. The summed E-state index contributed by atoms with van der Waals surface area (Å²) < 4.78 is 145. The van der Waals surface area contributed by atoms with Crippen molar-refractivity contribution in [2.75, 3.05) is 47.9 Å². The lowest BCUT2D eigenvalue weighted by Crippen LogP contribution is -2.42. The maximum Gasteiger partial charge on any atom is 0.326 e. The van der Waals surface area contributed by atoms with Crippen LogP contribution >= 0.6 is 0 Å². The number of amides is 3. The fourth-order valence-corrected chi connectivity index (χ4v) is 14.3. The van der Waals surface area contributed by atoms with Gasteiger partial charge in [0, 0.05) is 84.7 Å². The molecule has 4 heterocycles. The zero-order valence-electron chi connectivity index (χ0n) is 55.5. The van der Waals surface area contributed by atoms with Crippen molar-refractivity contribution in [1.29, 1.82) is 0 Å². The van der Waals surface area contributed by atoms with Gasteiger partial charge in [-0.15, -0.1) is 0 Å². The highest BCUT2D eigenvalue weighted by Gasteiger charge is 2.45. The van der Waals surface area contributed by atoms with Gasteiger partial charge in [-0.25, -0.2) is 14.8 Å². The number of unbranched alkanes of at least 4 members (excludes halogenated alkanes) is 3. The Morgan fingerprint density at radius 2 is 1.38 bits per heavy atom. The zero-order chi connectivity index (χ0) is 73.4. The van der Waals surface area contributed by atoms with Crippen molar-refractivity contribution >= 4 is 104 Å². The molecule has 101 heavy (non-hydrogen) atoms. The molecule has 0 unspecified atom stereocenters. The van der Waals surface area contributed by atoms with Crippen molar-refractivity contribution in [1.82, 2.24) is 35.9 Å². The summed E-state index contributed by atoms with van der Waals surface area (Å²) in [7, 11) is -18.1. The molecule has 6 aromatic rings. The lowest BCUT2D eigenvalue weighted by molar-refractivity contribution is -0.438. The van der Waals surface area contributed by atoms with Crippen LogP contribution in [0.3, 0.4) is 0 Å². The number of carbonyl (C=O) groups excluding carboxylic acids is 3. The average Bonchev–Trinajstić information content (AvgIpc) is 1.59. The Balaban J connectivity index is 0.843. The molecule has 12 N–H and O–H groups in total. The summed E-state index contributed by atoms with van der Waals surface area (Å²) in [6, 6.07) is 18.5. The Hall–Kier alpha value is -9.55. The second-order valence-corrected chi connectivity index (χ2v) is 31.2. The number of H-pyrrole nitrogens is 1. The highest BCUT2D eigenvalue weighted by atomic mass is 32.2. The minimum absolute atomic E-state index is 0.0121. The van der Waals surface area contributed by atoms with Crippen LogP contribution in [0.4, 0.5) is 23.0 Å². The van der Waals surface area contributed by atoms with E-state index in [4.69, 9.17) is 10.5 Å². The SMILES string of the molecule is CC1(C)C(/C=C/C2=C(Oc3ccc(S(=O)(=O)O)cc3)C(=C/C=C3/N(CCCCS(=O)(=O)O)c4ccc(S(=O)(=O)O)cc4C3(C)C)/CCC2)=[N+](CCCCCC(=O)NCCNC(=O)CC[C@H](NC(=O)c2ccc(NCc3cnc4nc(N)[nH]c(=O)c4n3)cc2)C(=O)O)c2ccc(S(=O)(=O)O)cc21. The van der Waals surface area contributed by atoms with Gasteiger partial charge in [0.1, 0.15) is 24.1 Å². The summed E-state index contributed by atoms with van der Waals surface area (Å²) in [5.41, 5.74) is 9.73. The first-order valence-electron chi connectivity index (χ1n) is 32.1. The van der Waals surface area contributed by atoms with Crippen LogP contribution in [-0.2, 0) is 72.2 Å². The molecule has 1 atom stereocenters. The van der Waals surface area contributed by atoms with Gasteiger partial charge in [-0.2, -0.15) is 43.2 Å². The molecule has 0 fully saturated rings. The number of aromatic nitrogens is 4. The van der Waals surface area contributed by atoms with Crippen LogP contribution in [0.5, 0.6) is 5.75 Å². The number of nitrogens with one attached hydrogen (secondary N) is 5. The molecule has 0 spiro atoms. The molecule has 538 valence electrons. The monoisotopic (exact) mass is 1470 g/mol. The lowest BCUT2D eigenvalue weighted by Gasteiger charge is -2.27. The smallest absolute Gasteiger partial charge is 0.326 e. The molecule has 0 saturated carbocycles. The Kier molecular flexibility index (Phi) is 23.3. The van der Waals surface area contributed by atoms with Crippen molar-refractivity contribution in [2.45, 2.75) is 136 Å². The number of anilines is 3. The molecule has 30 nitrogen and oxygen atoms in total. The number of aromatic amines is 1. The number of allylic oxidation sites excluding steroid dienone is 7. The number of carbonyl (C=O) groups is 4. The predicted molar refractivity (Wildman–Crippen MR) is 373 cm³/mol.